The van der Waals surface area contributed by atoms with Crippen LogP contribution in [0.5, 0.6) is 10.9 Å². The van der Waals surface area contributed by atoms with Crippen LogP contribution in [0.4, 0.5) is 5.69 Å². The lowest BCUT2D eigenvalue weighted by Gasteiger charge is -2.06. The van der Waals surface area contributed by atoms with Crippen molar-refractivity contribution in [3.05, 3.63) is 29.0 Å². The smallest absolute Gasteiger partial charge is 0.298 e. The summed E-state index contributed by atoms with van der Waals surface area (Å²) in [6, 6.07) is 5.46. The quantitative estimate of drug-likeness (QED) is 0.854. The molecule has 0 aliphatic rings. The minimum Gasteiger partial charge on any atom is -0.426 e. The van der Waals surface area contributed by atoms with Gasteiger partial charge >= 0.3 is 0 Å². The van der Waals surface area contributed by atoms with Gasteiger partial charge in [0.05, 0.1) is 10.2 Å². The lowest BCUT2D eigenvalue weighted by molar-refractivity contribution is 0.478. The van der Waals surface area contributed by atoms with Gasteiger partial charge in [-0.2, -0.15) is 9.36 Å². The summed E-state index contributed by atoms with van der Waals surface area (Å²) in [5, 5.41) is 0.476. The fraction of sp³-hybridized carbons (Fsp3) is 0. The molecule has 0 atom stereocenters. The van der Waals surface area contributed by atoms with E-state index in [9.17, 15) is 0 Å². The van der Waals surface area contributed by atoms with Crippen LogP contribution in [0.25, 0.3) is 0 Å². The second-order valence-electron chi connectivity index (χ2n) is 2.47. The number of aromatic nitrogens is 2. The first-order valence-electron chi connectivity index (χ1n) is 3.76. The predicted molar refractivity (Wildman–Crippen MR) is 58.5 cm³/mol. The van der Waals surface area contributed by atoms with Crippen molar-refractivity contribution in [1.82, 2.24) is 9.36 Å². The van der Waals surface area contributed by atoms with Gasteiger partial charge in [0.25, 0.3) is 5.19 Å². The van der Waals surface area contributed by atoms with Crippen molar-refractivity contribution in [3.63, 3.8) is 0 Å². The van der Waals surface area contributed by atoms with Gasteiger partial charge in [-0.25, -0.2) is 0 Å². The van der Waals surface area contributed by atoms with Crippen molar-refractivity contribution in [2.45, 2.75) is 0 Å². The number of hydrogen-bond donors (Lipinski definition) is 1. The van der Waals surface area contributed by atoms with Crippen molar-refractivity contribution in [1.29, 1.82) is 0 Å². The van der Waals surface area contributed by atoms with E-state index >= 15 is 0 Å². The van der Waals surface area contributed by atoms with E-state index < -0.39 is 0 Å². The van der Waals surface area contributed by atoms with Gasteiger partial charge in [-0.15, -0.1) is 0 Å². The molecule has 1 aromatic carbocycles. The molecule has 0 radical (unpaired) electrons. The lowest BCUT2D eigenvalue weighted by Crippen LogP contribution is -1.92. The fourth-order valence-electron chi connectivity index (χ4n) is 0.928. The normalized spacial score (nSPS) is 10.1. The van der Waals surface area contributed by atoms with Crippen LogP contribution < -0.4 is 10.5 Å². The van der Waals surface area contributed by atoms with Crippen LogP contribution in [0.3, 0.4) is 0 Å². The Kier molecular flexibility index (Phi) is 2.64. The molecule has 2 rings (SSSR count). The highest BCUT2D eigenvalue weighted by atomic mass is 79.9. The summed E-state index contributed by atoms with van der Waals surface area (Å²) in [5.74, 6) is 0.573. The van der Waals surface area contributed by atoms with Crippen LogP contribution in [0.1, 0.15) is 0 Å². The highest BCUT2D eigenvalue weighted by Gasteiger charge is 2.08. The maximum Gasteiger partial charge on any atom is 0.298 e. The molecule has 6 heteroatoms. The minimum absolute atomic E-state index is 0.476. The van der Waals surface area contributed by atoms with Crippen molar-refractivity contribution in [2.24, 2.45) is 0 Å². The third kappa shape index (κ3) is 1.85. The SMILES string of the molecule is Nc1cccc(Br)c1Oc1ncns1. The van der Waals surface area contributed by atoms with Crippen molar-refractivity contribution >= 4 is 33.1 Å². The molecular weight excluding hydrogens is 266 g/mol. The van der Waals surface area contributed by atoms with E-state index in [-0.39, 0.29) is 0 Å². The van der Waals surface area contributed by atoms with Gasteiger partial charge in [0.2, 0.25) is 0 Å². The standard InChI is InChI=1S/C8H6BrN3OS/c9-5-2-1-3-6(10)7(5)13-8-11-4-12-14-8/h1-4H,10H2. The van der Waals surface area contributed by atoms with Crippen LogP contribution >= 0.6 is 27.5 Å². The monoisotopic (exact) mass is 271 g/mol. The molecule has 0 spiro atoms. The number of rotatable bonds is 2. The molecule has 0 aliphatic heterocycles. The summed E-state index contributed by atoms with van der Waals surface area (Å²) >= 11 is 4.52. The number of ether oxygens (including phenoxy) is 1. The number of nitrogens with two attached hydrogens (primary N) is 1. The van der Waals surface area contributed by atoms with Gasteiger partial charge in [0, 0.05) is 11.5 Å². The Morgan fingerprint density at radius 3 is 2.93 bits per heavy atom. The van der Waals surface area contributed by atoms with Crippen LogP contribution in [0, 0.1) is 0 Å². The van der Waals surface area contributed by atoms with Gasteiger partial charge < -0.3 is 10.5 Å². The summed E-state index contributed by atoms with van der Waals surface area (Å²) in [7, 11) is 0. The van der Waals surface area contributed by atoms with Gasteiger partial charge in [0.15, 0.2) is 5.75 Å². The zero-order chi connectivity index (χ0) is 9.97. The van der Waals surface area contributed by atoms with Crippen molar-refractivity contribution in [2.75, 3.05) is 5.73 Å². The van der Waals surface area contributed by atoms with Gasteiger partial charge in [-0.3, -0.25) is 0 Å². The van der Waals surface area contributed by atoms with E-state index in [0.717, 1.165) is 4.47 Å². The van der Waals surface area contributed by atoms with Crippen molar-refractivity contribution in [3.8, 4) is 10.9 Å². The molecule has 0 saturated carbocycles. The average molecular weight is 272 g/mol. The molecule has 4 nitrogen and oxygen atoms in total. The molecule has 0 amide bonds. The zero-order valence-electron chi connectivity index (χ0n) is 6.98. The molecule has 2 aromatic rings. The number of nitrogens with zero attached hydrogens (tertiary/aromatic N) is 2. The van der Waals surface area contributed by atoms with Gasteiger partial charge in [-0.05, 0) is 28.1 Å². The summed E-state index contributed by atoms with van der Waals surface area (Å²) in [6.07, 6.45) is 1.44. The summed E-state index contributed by atoms with van der Waals surface area (Å²) in [4.78, 5) is 3.90. The molecular formula is C8H6BrN3OS. The Morgan fingerprint density at radius 1 is 1.43 bits per heavy atom. The molecule has 0 saturated heterocycles. The van der Waals surface area contributed by atoms with Crippen LogP contribution in [0.2, 0.25) is 0 Å². The predicted octanol–water partition coefficient (Wildman–Crippen LogP) is 2.68. The Bertz CT molecular complexity index is 412. The third-order valence-corrected chi connectivity index (χ3v) is 2.70. The molecule has 1 aromatic heterocycles. The second kappa shape index (κ2) is 3.93. The average Bonchev–Trinajstić information content (AvgIpc) is 2.64. The Morgan fingerprint density at radius 2 is 2.29 bits per heavy atom. The first-order chi connectivity index (χ1) is 6.77. The van der Waals surface area contributed by atoms with Crippen LogP contribution in [0.15, 0.2) is 29.0 Å². The molecule has 0 unspecified atom stereocenters. The highest BCUT2D eigenvalue weighted by molar-refractivity contribution is 9.10. The van der Waals surface area contributed by atoms with E-state index in [1.165, 1.54) is 17.9 Å². The number of halogens is 1. The lowest BCUT2D eigenvalue weighted by atomic mass is 10.3. The Hall–Kier alpha value is -1.14. The van der Waals surface area contributed by atoms with E-state index in [2.05, 4.69) is 25.3 Å². The maximum absolute atomic E-state index is 5.74. The van der Waals surface area contributed by atoms with E-state index in [1.54, 1.807) is 6.07 Å². The van der Waals surface area contributed by atoms with E-state index in [4.69, 9.17) is 10.5 Å². The van der Waals surface area contributed by atoms with E-state index in [0.29, 0.717) is 16.6 Å². The van der Waals surface area contributed by atoms with Gasteiger partial charge in [0.1, 0.15) is 6.33 Å². The fourth-order valence-corrected chi connectivity index (χ4v) is 1.79. The summed E-state index contributed by atoms with van der Waals surface area (Å²) in [5.41, 5.74) is 6.30. The van der Waals surface area contributed by atoms with Crippen LogP contribution in [-0.4, -0.2) is 9.36 Å². The zero-order valence-corrected chi connectivity index (χ0v) is 9.38. The maximum atomic E-state index is 5.74. The Labute approximate surface area is 93.0 Å². The largest absolute Gasteiger partial charge is 0.426 e. The molecule has 14 heavy (non-hydrogen) atoms. The van der Waals surface area contributed by atoms with E-state index in [1.807, 2.05) is 12.1 Å². The molecule has 1 heterocycles. The summed E-state index contributed by atoms with van der Waals surface area (Å²) in [6.45, 7) is 0. The number of nitrogen functional groups attached to an aromatic ring is 1. The second-order valence-corrected chi connectivity index (χ2v) is 4.06. The molecule has 72 valence electrons. The third-order valence-electron chi connectivity index (χ3n) is 1.53. The Balaban J connectivity index is 2.33. The molecule has 0 aliphatic carbocycles. The number of benzene rings is 1. The summed E-state index contributed by atoms with van der Waals surface area (Å²) < 4.78 is 10.1. The number of anilines is 1. The molecule has 0 fully saturated rings. The van der Waals surface area contributed by atoms with Crippen LogP contribution in [-0.2, 0) is 0 Å². The van der Waals surface area contributed by atoms with Gasteiger partial charge in [-0.1, -0.05) is 6.07 Å². The minimum atomic E-state index is 0.476. The highest BCUT2D eigenvalue weighted by Crippen LogP contribution is 2.34. The first-order valence-corrected chi connectivity index (χ1v) is 5.32. The van der Waals surface area contributed by atoms with Crippen molar-refractivity contribution < 1.29 is 4.74 Å². The molecule has 0 bridgehead atoms. The number of para-hydroxylation sites is 1. The number of hydrogen-bond acceptors (Lipinski definition) is 5. The topological polar surface area (TPSA) is 61.0 Å². The first kappa shape index (κ1) is 9.42. The molecule has 2 N–H and O–H groups in total.